The predicted molar refractivity (Wildman–Crippen MR) is 98.5 cm³/mol. The number of hydrogen-bond acceptors (Lipinski definition) is 3. The van der Waals surface area contributed by atoms with E-state index in [0.717, 1.165) is 10.9 Å². The van der Waals surface area contributed by atoms with Crippen LogP contribution in [-0.2, 0) is 14.9 Å². The number of carbonyl (C=O) groups excluding carboxylic acids is 1. The first-order valence-electron chi connectivity index (χ1n) is 8.67. The van der Waals surface area contributed by atoms with E-state index in [1.54, 1.807) is 12.3 Å². The van der Waals surface area contributed by atoms with Crippen molar-refractivity contribution in [1.29, 1.82) is 0 Å². The zero-order chi connectivity index (χ0) is 18.0. The maximum Gasteiger partial charge on any atom is 0.235 e. The fourth-order valence-electron chi connectivity index (χ4n) is 3.56. The number of nitrogens with zero attached hydrogens (tertiary/aromatic N) is 1. The van der Waals surface area contributed by atoms with Gasteiger partial charge in [0.25, 0.3) is 0 Å². The van der Waals surface area contributed by atoms with Crippen molar-refractivity contribution in [1.82, 2.24) is 4.98 Å². The fraction of sp³-hybridized carbons (Fsp3) is 0.238. The molecule has 1 aromatic heterocycles. The van der Waals surface area contributed by atoms with Gasteiger partial charge in [0, 0.05) is 30.5 Å². The van der Waals surface area contributed by atoms with Gasteiger partial charge in [-0.2, -0.15) is 0 Å². The Morgan fingerprint density at radius 3 is 2.73 bits per heavy atom. The molecule has 4 rings (SSSR count). The van der Waals surface area contributed by atoms with Crippen molar-refractivity contribution in [2.75, 3.05) is 18.5 Å². The van der Waals surface area contributed by atoms with Gasteiger partial charge in [0.05, 0.1) is 10.9 Å². The maximum atomic E-state index is 13.8. The van der Waals surface area contributed by atoms with Gasteiger partial charge in [-0.1, -0.05) is 18.2 Å². The van der Waals surface area contributed by atoms with E-state index in [0.29, 0.717) is 37.3 Å². The van der Waals surface area contributed by atoms with Gasteiger partial charge in [-0.25, -0.2) is 4.39 Å². The second kappa shape index (κ2) is 6.84. The van der Waals surface area contributed by atoms with E-state index in [-0.39, 0.29) is 11.7 Å². The van der Waals surface area contributed by atoms with E-state index in [2.05, 4.69) is 10.3 Å². The highest BCUT2D eigenvalue weighted by Crippen LogP contribution is 2.36. The number of carbonyl (C=O) groups is 1. The Morgan fingerprint density at radius 2 is 1.92 bits per heavy atom. The summed E-state index contributed by atoms with van der Waals surface area (Å²) in [6.07, 6.45) is 2.79. The first kappa shape index (κ1) is 16.7. The van der Waals surface area contributed by atoms with Crippen LogP contribution in [0, 0.1) is 5.82 Å². The molecule has 5 heteroatoms. The average molecular weight is 350 g/mol. The lowest BCUT2D eigenvalue weighted by Gasteiger charge is -2.36. The first-order valence-corrected chi connectivity index (χ1v) is 8.67. The van der Waals surface area contributed by atoms with Gasteiger partial charge in [0.2, 0.25) is 5.91 Å². The molecule has 1 N–H and O–H groups in total. The third-order valence-corrected chi connectivity index (χ3v) is 5.02. The zero-order valence-corrected chi connectivity index (χ0v) is 14.2. The van der Waals surface area contributed by atoms with Crippen LogP contribution < -0.4 is 5.32 Å². The quantitative estimate of drug-likeness (QED) is 0.775. The number of benzene rings is 2. The summed E-state index contributed by atoms with van der Waals surface area (Å²) >= 11 is 0. The van der Waals surface area contributed by atoms with E-state index in [4.69, 9.17) is 4.74 Å². The van der Waals surface area contributed by atoms with Gasteiger partial charge >= 0.3 is 0 Å². The van der Waals surface area contributed by atoms with Crippen LogP contribution in [0.5, 0.6) is 0 Å². The van der Waals surface area contributed by atoms with Crippen LogP contribution in [0.4, 0.5) is 10.1 Å². The Labute approximate surface area is 151 Å². The van der Waals surface area contributed by atoms with Crippen molar-refractivity contribution in [3.8, 4) is 0 Å². The molecule has 1 aliphatic heterocycles. The third kappa shape index (κ3) is 3.06. The van der Waals surface area contributed by atoms with Gasteiger partial charge in [-0.3, -0.25) is 9.78 Å². The highest BCUT2D eigenvalue weighted by atomic mass is 19.1. The molecule has 0 spiro atoms. The molecule has 0 saturated carbocycles. The number of amides is 1. The summed E-state index contributed by atoms with van der Waals surface area (Å²) in [7, 11) is 0. The minimum Gasteiger partial charge on any atom is -0.381 e. The molecule has 1 aliphatic rings. The van der Waals surface area contributed by atoms with E-state index in [1.807, 2.05) is 36.4 Å². The van der Waals surface area contributed by atoms with Crippen molar-refractivity contribution in [2.24, 2.45) is 0 Å². The van der Waals surface area contributed by atoms with Crippen molar-refractivity contribution in [2.45, 2.75) is 18.3 Å². The molecular weight excluding hydrogens is 331 g/mol. The molecule has 2 heterocycles. The summed E-state index contributed by atoms with van der Waals surface area (Å²) in [5.74, 6) is -0.465. The van der Waals surface area contributed by atoms with Crippen LogP contribution in [-0.4, -0.2) is 24.1 Å². The smallest absolute Gasteiger partial charge is 0.235 e. The average Bonchev–Trinajstić information content (AvgIpc) is 2.68. The number of fused-ring (bicyclic) bond motifs is 1. The van der Waals surface area contributed by atoms with Crippen LogP contribution in [0.2, 0.25) is 0 Å². The van der Waals surface area contributed by atoms with Crippen molar-refractivity contribution >= 4 is 22.5 Å². The summed E-state index contributed by atoms with van der Waals surface area (Å²) in [6.45, 7) is 0.956. The normalized spacial score (nSPS) is 16.3. The molecule has 4 nitrogen and oxygen atoms in total. The molecule has 1 amide bonds. The predicted octanol–water partition coefficient (Wildman–Crippen LogP) is 4.06. The van der Waals surface area contributed by atoms with Gasteiger partial charge in [0.1, 0.15) is 5.82 Å². The summed E-state index contributed by atoms with van der Waals surface area (Å²) in [4.78, 5) is 17.5. The minimum absolute atomic E-state index is 0.130. The highest BCUT2D eigenvalue weighted by molar-refractivity contribution is 6.00. The summed E-state index contributed by atoms with van der Waals surface area (Å²) in [5, 5.41) is 3.97. The molecule has 0 atom stereocenters. The lowest BCUT2D eigenvalue weighted by molar-refractivity contribution is -0.125. The largest absolute Gasteiger partial charge is 0.381 e. The Kier molecular flexibility index (Phi) is 4.39. The van der Waals surface area contributed by atoms with E-state index in [1.165, 1.54) is 12.1 Å². The van der Waals surface area contributed by atoms with Crippen LogP contribution >= 0.6 is 0 Å². The van der Waals surface area contributed by atoms with Crippen molar-refractivity contribution in [3.05, 3.63) is 72.2 Å². The van der Waals surface area contributed by atoms with Gasteiger partial charge < -0.3 is 10.1 Å². The Bertz CT molecular complexity index is 951. The molecule has 1 fully saturated rings. The summed E-state index contributed by atoms with van der Waals surface area (Å²) < 4.78 is 19.2. The first-order chi connectivity index (χ1) is 12.7. The van der Waals surface area contributed by atoms with Crippen LogP contribution in [0.1, 0.15) is 18.4 Å². The Morgan fingerprint density at radius 1 is 1.08 bits per heavy atom. The molecular formula is C21H19FN2O2. The Balaban J connectivity index is 1.68. The van der Waals surface area contributed by atoms with Gasteiger partial charge in [-0.05, 0) is 54.8 Å². The summed E-state index contributed by atoms with van der Waals surface area (Å²) in [6, 6.07) is 15.7. The number of ether oxygens (including phenoxy) is 1. The van der Waals surface area contributed by atoms with E-state index in [9.17, 15) is 9.18 Å². The number of halogens is 1. The van der Waals surface area contributed by atoms with Crippen molar-refractivity contribution in [3.63, 3.8) is 0 Å². The van der Waals surface area contributed by atoms with Gasteiger partial charge in [-0.15, -0.1) is 0 Å². The summed E-state index contributed by atoms with van der Waals surface area (Å²) in [5.41, 5.74) is 1.49. The number of hydrogen-bond donors (Lipinski definition) is 1. The van der Waals surface area contributed by atoms with E-state index < -0.39 is 5.41 Å². The molecule has 0 unspecified atom stereocenters. The molecule has 2 aromatic carbocycles. The topological polar surface area (TPSA) is 51.2 Å². The molecule has 26 heavy (non-hydrogen) atoms. The van der Waals surface area contributed by atoms with Crippen LogP contribution in [0.25, 0.3) is 10.9 Å². The molecule has 0 radical (unpaired) electrons. The number of pyridine rings is 1. The second-order valence-electron chi connectivity index (χ2n) is 6.57. The lowest BCUT2D eigenvalue weighted by atomic mass is 9.73. The second-order valence-corrected chi connectivity index (χ2v) is 6.57. The molecule has 0 aliphatic carbocycles. The van der Waals surface area contributed by atoms with Crippen LogP contribution in [0.3, 0.4) is 0 Å². The fourth-order valence-corrected chi connectivity index (χ4v) is 3.56. The number of nitrogens with one attached hydrogen (secondary N) is 1. The number of anilines is 1. The molecule has 3 aromatic rings. The molecule has 132 valence electrons. The number of aromatic nitrogens is 1. The monoisotopic (exact) mass is 350 g/mol. The minimum atomic E-state index is -0.787. The van der Waals surface area contributed by atoms with E-state index >= 15 is 0 Å². The maximum absolute atomic E-state index is 13.8. The molecule has 1 saturated heterocycles. The number of rotatable bonds is 3. The van der Waals surface area contributed by atoms with Crippen LogP contribution in [0.15, 0.2) is 60.8 Å². The Hall–Kier alpha value is -2.79. The highest BCUT2D eigenvalue weighted by Gasteiger charge is 2.42. The molecule has 0 bridgehead atoms. The third-order valence-electron chi connectivity index (χ3n) is 5.02. The lowest BCUT2D eigenvalue weighted by Crippen LogP contribution is -2.44. The standard InChI is InChI=1S/C21H19FN2O2/c22-17-5-1-4-16(14-17)21(8-11-26-12-9-21)20(25)24-18-6-7-19-15(13-18)3-2-10-23-19/h1-7,10,13-14H,8-9,11-12H2,(H,24,25). The zero-order valence-electron chi connectivity index (χ0n) is 14.2. The SMILES string of the molecule is O=C(Nc1ccc2ncccc2c1)C1(c2cccc(F)c2)CCOCC1. The van der Waals surface area contributed by atoms with Crippen molar-refractivity contribution < 1.29 is 13.9 Å². The van der Waals surface area contributed by atoms with Gasteiger partial charge in [0.15, 0.2) is 0 Å².